The molecular formula is C24H30N2O2. The molecule has 2 N–H and O–H groups in total. The minimum Gasteiger partial charge on any atom is -0.371 e. The zero-order valence-corrected chi connectivity index (χ0v) is 16.6. The second-order valence-corrected chi connectivity index (χ2v) is 7.67. The molecule has 4 nitrogen and oxygen atoms in total. The van der Waals surface area contributed by atoms with Crippen LogP contribution < -0.4 is 10.6 Å². The summed E-state index contributed by atoms with van der Waals surface area (Å²) in [5, 5.41) is 0. The van der Waals surface area contributed by atoms with Gasteiger partial charge in [0.25, 0.3) is 0 Å². The maximum atomic E-state index is 12.6. The number of piperidine rings is 1. The number of hydrogen-bond acceptors (Lipinski definition) is 3. The first-order valence-corrected chi connectivity index (χ1v) is 10.3. The Hall–Kier alpha value is -2.62. The largest absolute Gasteiger partial charge is 0.371 e. The van der Waals surface area contributed by atoms with Gasteiger partial charge in [0.05, 0.1) is 5.92 Å². The van der Waals surface area contributed by atoms with Gasteiger partial charge in [-0.15, -0.1) is 0 Å². The molecule has 0 spiro atoms. The summed E-state index contributed by atoms with van der Waals surface area (Å²) in [6, 6.07) is 15.7. The summed E-state index contributed by atoms with van der Waals surface area (Å²) in [5.41, 5.74) is 9.83. The summed E-state index contributed by atoms with van der Waals surface area (Å²) < 4.78 is 0. The van der Waals surface area contributed by atoms with Crippen LogP contribution in [-0.4, -0.2) is 25.3 Å². The Bertz CT molecular complexity index is 795. The number of carbonyl (C=O) groups is 2. The average Bonchev–Trinajstić information content (AvgIpc) is 2.74. The van der Waals surface area contributed by atoms with Crippen LogP contribution in [-0.2, 0) is 4.79 Å². The topological polar surface area (TPSA) is 63.4 Å². The van der Waals surface area contributed by atoms with Crippen LogP contribution in [0.25, 0.3) is 0 Å². The molecule has 0 aliphatic carbocycles. The number of anilines is 1. The monoisotopic (exact) mass is 378 g/mol. The van der Waals surface area contributed by atoms with Gasteiger partial charge in [0, 0.05) is 30.3 Å². The molecule has 1 saturated heterocycles. The smallest absolute Gasteiger partial charge is 0.225 e. The van der Waals surface area contributed by atoms with Gasteiger partial charge < -0.3 is 10.6 Å². The quantitative estimate of drug-likeness (QED) is 0.681. The number of amides is 1. The molecule has 1 amide bonds. The SMILES string of the molecule is CCCC(c1ccccc1N1CCCCC1)C(C(N)=O)c1ccc(C=O)cc1. The van der Waals surface area contributed by atoms with E-state index in [2.05, 4.69) is 36.1 Å². The standard InChI is InChI=1S/C24H30N2O2/c1-2-8-21(23(24(25)28)19-13-11-18(17-27)12-14-19)20-9-4-5-10-22(20)26-15-6-3-7-16-26/h4-5,9-14,17,21,23H,2-3,6-8,15-16H2,1H3,(H2,25,28). The highest BCUT2D eigenvalue weighted by Gasteiger charge is 2.31. The molecule has 1 heterocycles. The molecule has 148 valence electrons. The van der Waals surface area contributed by atoms with E-state index in [0.717, 1.165) is 37.8 Å². The van der Waals surface area contributed by atoms with Crippen molar-refractivity contribution in [3.05, 3.63) is 65.2 Å². The number of para-hydroxylation sites is 1. The van der Waals surface area contributed by atoms with Crippen LogP contribution in [0.5, 0.6) is 0 Å². The van der Waals surface area contributed by atoms with Gasteiger partial charge in [-0.2, -0.15) is 0 Å². The minimum absolute atomic E-state index is 0.0164. The Balaban J connectivity index is 2.03. The predicted molar refractivity (Wildman–Crippen MR) is 114 cm³/mol. The maximum absolute atomic E-state index is 12.6. The molecular weight excluding hydrogens is 348 g/mol. The van der Waals surface area contributed by atoms with Gasteiger partial charge in [0.2, 0.25) is 5.91 Å². The van der Waals surface area contributed by atoms with E-state index in [1.807, 2.05) is 12.1 Å². The van der Waals surface area contributed by atoms with Crippen LogP contribution >= 0.6 is 0 Å². The van der Waals surface area contributed by atoms with Gasteiger partial charge in [-0.05, 0) is 42.9 Å². The van der Waals surface area contributed by atoms with Crippen molar-refractivity contribution >= 4 is 17.9 Å². The first kappa shape index (κ1) is 20.1. The molecule has 1 aliphatic rings. The predicted octanol–water partition coefficient (Wildman–Crippen LogP) is 4.64. The zero-order chi connectivity index (χ0) is 19.9. The van der Waals surface area contributed by atoms with Gasteiger partial charge in [-0.3, -0.25) is 9.59 Å². The number of nitrogens with zero attached hydrogens (tertiary/aromatic N) is 1. The second kappa shape index (κ2) is 9.54. The third kappa shape index (κ3) is 4.44. The molecule has 0 bridgehead atoms. The van der Waals surface area contributed by atoms with Crippen molar-refractivity contribution in [3.63, 3.8) is 0 Å². The number of aldehydes is 1. The number of benzene rings is 2. The number of carbonyl (C=O) groups excluding carboxylic acids is 2. The van der Waals surface area contributed by atoms with Crippen LogP contribution in [0.15, 0.2) is 48.5 Å². The van der Waals surface area contributed by atoms with E-state index in [0.29, 0.717) is 5.56 Å². The molecule has 1 fully saturated rings. The van der Waals surface area contributed by atoms with Crippen LogP contribution in [0.2, 0.25) is 0 Å². The molecule has 4 heteroatoms. The van der Waals surface area contributed by atoms with E-state index >= 15 is 0 Å². The molecule has 28 heavy (non-hydrogen) atoms. The lowest BCUT2D eigenvalue weighted by Gasteiger charge is -2.34. The highest BCUT2D eigenvalue weighted by atomic mass is 16.1. The highest BCUT2D eigenvalue weighted by molar-refractivity contribution is 5.84. The van der Waals surface area contributed by atoms with E-state index in [1.165, 1.54) is 30.5 Å². The molecule has 0 radical (unpaired) electrons. The molecule has 2 atom stereocenters. The number of primary amides is 1. The summed E-state index contributed by atoms with van der Waals surface area (Å²) in [4.78, 5) is 26.0. The Morgan fingerprint density at radius 1 is 1.07 bits per heavy atom. The van der Waals surface area contributed by atoms with Crippen LogP contribution in [0.1, 0.15) is 72.3 Å². The number of nitrogens with two attached hydrogens (primary N) is 1. The fourth-order valence-electron chi connectivity index (χ4n) is 4.41. The van der Waals surface area contributed by atoms with Crippen molar-refractivity contribution in [2.45, 2.75) is 50.9 Å². The average molecular weight is 379 g/mol. The van der Waals surface area contributed by atoms with Crippen molar-refractivity contribution in [3.8, 4) is 0 Å². The third-order valence-electron chi connectivity index (χ3n) is 5.77. The minimum atomic E-state index is -0.411. The van der Waals surface area contributed by atoms with Crippen molar-refractivity contribution in [2.24, 2.45) is 5.73 Å². The number of rotatable bonds is 8. The Labute approximate surface area is 167 Å². The first-order valence-electron chi connectivity index (χ1n) is 10.3. The summed E-state index contributed by atoms with van der Waals surface area (Å²) in [6.45, 7) is 4.26. The van der Waals surface area contributed by atoms with Gasteiger partial charge in [0.1, 0.15) is 6.29 Å². The third-order valence-corrected chi connectivity index (χ3v) is 5.77. The van der Waals surface area contributed by atoms with Crippen LogP contribution in [0.3, 0.4) is 0 Å². The van der Waals surface area contributed by atoms with E-state index in [4.69, 9.17) is 5.73 Å². The van der Waals surface area contributed by atoms with Crippen LogP contribution in [0.4, 0.5) is 5.69 Å². The lowest BCUT2D eigenvalue weighted by atomic mass is 9.77. The second-order valence-electron chi connectivity index (χ2n) is 7.67. The van der Waals surface area contributed by atoms with Gasteiger partial charge >= 0.3 is 0 Å². The molecule has 2 unspecified atom stereocenters. The molecule has 0 aromatic heterocycles. The Morgan fingerprint density at radius 2 is 1.75 bits per heavy atom. The fraction of sp³-hybridized carbons (Fsp3) is 0.417. The fourth-order valence-corrected chi connectivity index (χ4v) is 4.41. The van der Waals surface area contributed by atoms with Crippen molar-refractivity contribution in [2.75, 3.05) is 18.0 Å². The Morgan fingerprint density at radius 3 is 2.36 bits per heavy atom. The summed E-state index contributed by atoms with van der Waals surface area (Å²) in [5.74, 6) is -0.708. The summed E-state index contributed by atoms with van der Waals surface area (Å²) in [7, 11) is 0. The van der Waals surface area contributed by atoms with Gasteiger partial charge in [0.15, 0.2) is 0 Å². The lowest BCUT2D eigenvalue weighted by Crippen LogP contribution is -2.32. The van der Waals surface area contributed by atoms with E-state index in [-0.39, 0.29) is 11.8 Å². The summed E-state index contributed by atoms with van der Waals surface area (Å²) >= 11 is 0. The van der Waals surface area contributed by atoms with Gasteiger partial charge in [-0.1, -0.05) is 55.8 Å². The summed E-state index contributed by atoms with van der Waals surface area (Å²) in [6.07, 6.45) is 6.36. The van der Waals surface area contributed by atoms with Gasteiger partial charge in [-0.25, -0.2) is 0 Å². The molecule has 2 aromatic carbocycles. The number of hydrogen-bond donors (Lipinski definition) is 1. The Kier molecular flexibility index (Phi) is 6.85. The van der Waals surface area contributed by atoms with E-state index < -0.39 is 5.92 Å². The first-order chi connectivity index (χ1) is 13.7. The molecule has 2 aromatic rings. The van der Waals surface area contributed by atoms with E-state index in [1.54, 1.807) is 12.1 Å². The van der Waals surface area contributed by atoms with Crippen molar-refractivity contribution < 1.29 is 9.59 Å². The normalized spacial score (nSPS) is 16.4. The van der Waals surface area contributed by atoms with Crippen molar-refractivity contribution in [1.82, 2.24) is 0 Å². The van der Waals surface area contributed by atoms with E-state index in [9.17, 15) is 9.59 Å². The molecule has 1 aliphatic heterocycles. The lowest BCUT2D eigenvalue weighted by molar-refractivity contribution is -0.120. The zero-order valence-electron chi connectivity index (χ0n) is 16.6. The van der Waals surface area contributed by atoms with Crippen LogP contribution in [0, 0.1) is 0 Å². The van der Waals surface area contributed by atoms with Crippen molar-refractivity contribution in [1.29, 1.82) is 0 Å². The molecule has 0 saturated carbocycles. The highest BCUT2D eigenvalue weighted by Crippen LogP contribution is 2.41. The molecule has 3 rings (SSSR count). The maximum Gasteiger partial charge on any atom is 0.225 e.